The molecule has 0 heterocycles. The number of nitrogens with one attached hydrogen (secondary N) is 1. The van der Waals surface area contributed by atoms with Crippen molar-refractivity contribution in [1.82, 2.24) is 5.32 Å². The van der Waals surface area contributed by atoms with E-state index in [1.807, 2.05) is 27.7 Å². The van der Waals surface area contributed by atoms with Crippen molar-refractivity contribution < 1.29 is 13.7 Å². The third-order valence-electron chi connectivity index (χ3n) is 2.22. The number of hydrogen-bond acceptors (Lipinski definition) is 4. The predicted molar refractivity (Wildman–Crippen MR) is 71.5 cm³/mol. The number of carbonyl (C=O) groups excluding carboxylic acids is 1. The van der Waals surface area contributed by atoms with Crippen LogP contribution in [0.4, 0.5) is 0 Å². The van der Waals surface area contributed by atoms with Crippen molar-refractivity contribution in [2.75, 3.05) is 19.3 Å². The van der Waals surface area contributed by atoms with Crippen LogP contribution in [0.15, 0.2) is 0 Å². The monoisotopic (exact) mass is 263 g/mol. The summed E-state index contributed by atoms with van der Waals surface area (Å²) in [6, 6.07) is 0. The Morgan fingerprint density at radius 1 is 1.35 bits per heavy atom. The van der Waals surface area contributed by atoms with Crippen LogP contribution in [0.3, 0.4) is 0 Å². The standard InChI is InChI=1S/C12H25NO3S/c1-10(17(5)15)6-8-13-9-7-11(14)16-12(2,3)4/h10,13H,6-9H2,1-5H3. The van der Waals surface area contributed by atoms with Gasteiger partial charge in [-0.3, -0.25) is 9.00 Å². The van der Waals surface area contributed by atoms with Gasteiger partial charge >= 0.3 is 5.97 Å². The lowest BCUT2D eigenvalue weighted by molar-refractivity contribution is -0.154. The van der Waals surface area contributed by atoms with Crippen LogP contribution in [0, 0.1) is 0 Å². The number of carbonyl (C=O) groups is 1. The van der Waals surface area contributed by atoms with Gasteiger partial charge in [0.1, 0.15) is 5.60 Å². The topological polar surface area (TPSA) is 55.4 Å². The van der Waals surface area contributed by atoms with Crippen molar-refractivity contribution >= 4 is 16.8 Å². The van der Waals surface area contributed by atoms with Gasteiger partial charge in [-0.05, 0) is 33.7 Å². The lowest BCUT2D eigenvalue weighted by atomic mass is 10.2. The molecule has 4 nitrogen and oxygen atoms in total. The van der Waals surface area contributed by atoms with Crippen LogP contribution >= 0.6 is 0 Å². The zero-order valence-corrected chi connectivity index (χ0v) is 12.4. The average molecular weight is 263 g/mol. The Balaban J connectivity index is 3.52. The highest BCUT2D eigenvalue weighted by Gasteiger charge is 2.15. The van der Waals surface area contributed by atoms with Gasteiger partial charge in [0, 0.05) is 28.9 Å². The molecule has 0 aliphatic heterocycles. The van der Waals surface area contributed by atoms with E-state index in [1.165, 1.54) is 0 Å². The summed E-state index contributed by atoms with van der Waals surface area (Å²) in [7, 11) is -0.770. The molecule has 0 aromatic carbocycles. The molecule has 0 aliphatic carbocycles. The SMILES string of the molecule is CC(CCNCCC(=O)OC(C)(C)C)S(C)=O. The van der Waals surface area contributed by atoms with E-state index in [0.717, 1.165) is 13.0 Å². The largest absolute Gasteiger partial charge is 0.460 e. The molecule has 0 saturated heterocycles. The first kappa shape index (κ1) is 16.6. The zero-order valence-electron chi connectivity index (χ0n) is 11.5. The lowest BCUT2D eigenvalue weighted by Gasteiger charge is -2.19. The van der Waals surface area contributed by atoms with Gasteiger partial charge in [0.25, 0.3) is 0 Å². The molecule has 0 saturated carbocycles. The van der Waals surface area contributed by atoms with E-state index >= 15 is 0 Å². The maximum atomic E-state index is 11.4. The smallest absolute Gasteiger partial charge is 0.307 e. The van der Waals surface area contributed by atoms with E-state index in [4.69, 9.17) is 4.74 Å². The molecule has 0 bridgehead atoms. The number of hydrogen-bond donors (Lipinski definition) is 1. The molecule has 0 spiro atoms. The molecule has 2 unspecified atom stereocenters. The summed E-state index contributed by atoms with van der Waals surface area (Å²) in [4.78, 5) is 11.4. The molecule has 1 N–H and O–H groups in total. The van der Waals surface area contributed by atoms with E-state index in [2.05, 4.69) is 5.32 Å². The summed E-state index contributed by atoms with van der Waals surface area (Å²) < 4.78 is 16.3. The van der Waals surface area contributed by atoms with Crippen molar-refractivity contribution in [3.63, 3.8) is 0 Å². The van der Waals surface area contributed by atoms with Crippen LogP contribution < -0.4 is 5.32 Å². The number of rotatable bonds is 7. The summed E-state index contributed by atoms with van der Waals surface area (Å²) in [5, 5.41) is 3.35. The van der Waals surface area contributed by atoms with Crippen LogP contribution in [-0.2, 0) is 20.3 Å². The third-order valence-corrected chi connectivity index (χ3v) is 3.59. The Morgan fingerprint density at radius 3 is 2.41 bits per heavy atom. The maximum absolute atomic E-state index is 11.4. The van der Waals surface area contributed by atoms with Gasteiger partial charge in [-0.1, -0.05) is 6.92 Å². The summed E-state index contributed by atoms with van der Waals surface area (Å²) in [5.74, 6) is -0.183. The van der Waals surface area contributed by atoms with E-state index in [-0.39, 0.29) is 11.2 Å². The fourth-order valence-electron chi connectivity index (χ4n) is 1.18. The minimum absolute atomic E-state index is 0.183. The number of ether oxygens (including phenoxy) is 1. The van der Waals surface area contributed by atoms with Crippen LogP contribution in [-0.4, -0.2) is 40.4 Å². The fraction of sp³-hybridized carbons (Fsp3) is 0.917. The van der Waals surface area contributed by atoms with E-state index in [1.54, 1.807) is 6.26 Å². The normalized spacial score (nSPS) is 15.4. The van der Waals surface area contributed by atoms with Gasteiger partial charge in [0.2, 0.25) is 0 Å². The molecule has 0 aromatic rings. The molecular formula is C12H25NO3S. The molecule has 17 heavy (non-hydrogen) atoms. The van der Waals surface area contributed by atoms with Crippen molar-refractivity contribution in [3.8, 4) is 0 Å². The van der Waals surface area contributed by atoms with E-state index in [9.17, 15) is 9.00 Å². The van der Waals surface area contributed by atoms with Crippen LogP contribution in [0.25, 0.3) is 0 Å². The highest BCUT2D eigenvalue weighted by atomic mass is 32.2. The van der Waals surface area contributed by atoms with Gasteiger partial charge in [-0.25, -0.2) is 0 Å². The Hall–Kier alpha value is -0.420. The predicted octanol–water partition coefficient (Wildman–Crippen LogP) is 1.46. The van der Waals surface area contributed by atoms with Crippen molar-refractivity contribution in [2.24, 2.45) is 0 Å². The molecule has 0 rings (SSSR count). The summed E-state index contributed by atoms with van der Waals surface area (Å²) >= 11 is 0. The van der Waals surface area contributed by atoms with Crippen molar-refractivity contribution in [3.05, 3.63) is 0 Å². The molecule has 102 valence electrons. The van der Waals surface area contributed by atoms with Crippen LogP contribution in [0.5, 0.6) is 0 Å². The first-order valence-electron chi connectivity index (χ1n) is 5.97. The van der Waals surface area contributed by atoms with Crippen LogP contribution in [0.2, 0.25) is 0 Å². The Kier molecular flexibility index (Phi) is 7.63. The van der Waals surface area contributed by atoms with Gasteiger partial charge < -0.3 is 10.1 Å². The van der Waals surface area contributed by atoms with E-state index in [0.29, 0.717) is 13.0 Å². The Bertz CT molecular complexity index is 261. The van der Waals surface area contributed by atoms with Gasteiger partial charge in [-0.15, -0.1) is 0 Å². The first-order chi connectivity index (χ1) is 7.72. The second-order valence-corrected chi connectivity index (χ2v) is 6.99. The first-order valence-corrected chi connectivity index (χ1v) is 7.59. The molecule has 2 atom stereocenters. The molecular weight excluding hydrogens is 238 g/mol. The highest BCUT2D eigenvalue weighted by Crippen LogP contribution is 2.07. The summed E-state index contributed by atoms with van der Waals surface area (Å²) in [6.45, 7) is 8.93. The minimum atomic E-state index is -0.770. The van der Waals surface area contributed by atoms with E-state index < -0.39 is 16.4 Å². The maximum Gasteiger partial charge on any atom is 0.307 e. The lowest BCUT2D eigenvalue weighted by Crippen LogP contribution is -2.28. The Labute approximate surface area is 107 Å². The molecule has 0 aromatic heterocycles. The van der Waals surface area contributed by atoms with Gasteiger partial charge in [-0.2, -0.15) is 0 Å². The fourth-order valence-corrected chi connectivity index (χ4v) is 1.63. The average Bonchev–Trinajstić information content (AvgIpc) is 2.13. The molecule has 0 radical (unpaired) electrons. The van der Waals surface area contributed by atoms with Gasteiger partial charge in [0.15, 0.2) is 0 Å². The van der Waals surface area contributed by atoms with Gasteiger partial charge in [0.05, 0.1) is 6.42 Å². The molecule has 0 aliphatic rings. The molecule has 0 amide bonds. The number of esters is 1. The minimum Gasteiger partial charge on any atom is -0.460 e. The quantitative estimate of drug-likeness (QED) is 0.558. The zero-order chi connectivity index (χ0) is 13.5. The second-order valence-electron chi connectivity index (χ2n) is 5.18. The summed E-state index contributed by atoms with van der Waals surface area (Å²) in [6.07, 6.45) is 2.95. The van der Waals surface area contributed by atoms with Crippen molar-refractivity contribution in [2.45, 2.75) is 51.4 Å². The summed E-state index contributed by atoms with van der Waals surface area (Å²) in [5.41, 5.74) is -0.412. The second kappa shape index (κ2) is 7.82. The Morgan fingerprint density at radius 2 is 1.94 bits per heavy atom. The van der Waals surface area contributed by atoms with Crippen molar-refractivity contribution in [1.29, 1.82) is 0 Å². The highest BCUT2D eigenvalue weighted by molar-refractivity contribution is 7.84. The third kappa shape index (κ3) is 10.5. The molecule has 0 fully saturated rings. The molecule has 5 heteroatoms. The van der Waals surface area contributed by atoms with Crippen LogP contribution in [0.1, 0.15) is 40.5 Å².